The highest BCUT2D eigenvalue weighted by molar-refractivity contribution is 6.46. The first-order valence-electron chi connectivity index (χ1n) is 20.6. The predicted octanol–water partition coefficient (Wildman–Crippen LogP) is 11.3. The third-order valence-corrected chi connectivity index (χ3v) is 11.5. The fraction of sp³-hybridized carbons (Fsp3) is 0. The van der Waals surface area contributed by atoms with Gasteiger partial charge in [-0.05, 0) is 179 Å². The van der Waals surface area contributed by atoms with Crippen LogP contribution in [0.15, 0.2) is 152 Å². The van der Waals surface area contributed by atoms with E-state index < -0.39 is 0 Å². The fourth-order valence-electron chi connectivity index (χ4n) is 8.44. The van der Waals surface area contributed by atoms with E-state index in [-0.39, 0.29) is 28.7 Å². The van der Waals surface area contributed by atoms with Crippen molar-refractivity contribution in [1.29, 1.82) is 0 Å². The van der Waals surface area contributed by atoms with Gasteiger partial charge in [0.1, 0.15) is 28.7 Å². The molecule has 11 aromatic carbocycles. The van der Waals surface area contributed by atoms with Crippen molar-refractivity contribution in [3.05, 3.63) is 207 Å². The van der Waals surface area contributed by atoms with Crippen LogP contribution in [0.5, 0.6) is 28.7 Å². The van der Waals surface area contributed by atoms with Crippen LogP contribution in [0.3, 0.4) is 0 Å². The maximum absolute atomic E-state index is 10.0. The second kappa shape index (κ2) is 15.3. The van der Waals surface area contributed by atoms with Crippen molar-refractivity contribution in [2.75, 3.05) is 0 Å². The molecule has 0 amide bonds. The van der Waals surface area contributed by atoms with Crippen molar-refractivity contribution < 1.29 is 25.5 Å². The van der Waals surface area contributed by atoms with E-state index in [9.17, 15) is 25.5 Å². The Morgan fingerprint density at radius 1 is 0.200 bits per heavy atom. The lowest BCUT2D eigenvalue weighted by molar-refractivity contribution is 0.474. The molecule has 0 saturated carbocycles. The fourth-order valence-corrected chi connectivity index (χ4v) is 8.44. The van der Waals surface area contributed by atoms with Crippen LogP contribution in [0.4, 0.5) is 0 Å². The molecule has 0 aliphatic heterocycles. The summed E-state index contributed by atoms with van der Waals surface area (Å²) in [7, 11) is 0. The van der Waals surface area contributed by atoms with Gasteiger partial charge in [-0.25, -0.2) is 0 Å². The molecule has 0 spiro atoms. The molecule has 0 radical (unpaired) electrons. The molecule has 5 nitrogen and oxygen atoms in total. The maximum atomic E-state index is 10.0. The Morgan fingerprint density at radius 3 is 0.508 bits per heavy atom. The molecule has 0 fully saturated rings. The summed E-state index contributed by atoms with van der Waals surface area (Å²) in [6.07, 6.45) is 0. The van der Waals surface area contributed by atoms with Crippen LogP contribution in [0.1, 0.15) is 55.6 Å². The summed E-state index contributed by atoms with van der Waals surface area (Å²) in [5.74, 6) is 34.9. The zero-order valence-corrected chi connectivity index (χ0v) is 34.2. The molecule has 300 valence electrons. The first-order valence-corrected chi connectivity index (χ1v) is 20.6. The van der Waals surface area contributed by atoms with Gasteiger partial charge in [0.25, 0.3) is 0 Å². The van der Waals surface area contributed by atoms with Crippen LogP contribution in [0, 0.1) is 59.2 Å². The van der Waals surface area contributed by atoms with Crippen LogP contribution < -0.4 is 0 Å². The van der Waals surface area contributed by atoms with Gasteiger partial charge in [0.15, 0.2) is 0 Å². The van der Waals surface area contributed by atoms with Crippen LogP contribution in [0.2, 0.25) is 0 Å². The van der Waals surface area contributed by atoms with Gasteiger partial charge < -0.3 is 25.5 Å². The first-order chi connectivity index (χ1) is 31.7. The average molecular weight is 831 g/mol. The highest BCUT2D eigenvalue weighted by atomic mass is 16.3. The van der Waals surface area contributed by atoms with Gasteiger partial charge in [0.2, 0.25) is 0 Å². The number of hydrogen-bond donors (Lipinski definition) is 5. The van der Waals surface area contributed by atoms with E-state index in [1.54, 1.807) is 121 Å². The van der Waals surface area contributed by atoms with Crippen molar-refractivity contribution in [1.82, 2.24) is 0 Å². The van der Waals surface area contributed by atoms with E-state index in [2.05, 4.69) is 89.5 Å². The second-order valence-electron chi connectivity index (χ2n) is 15.7. The number of rotatable bonds is 0. The Bertz CT molecular complexity index is 3370. The van der Waals surface area contributed by atoms with Gasteiger partial charge in [-0.15, -0.1) is 0 Å². The molecule has 65 heavy (non-hydrogen) atoms. The van der Waals surface area contributed by atoms with Gasteiger partial charge in [-0.2, -0.15) is 0 Å². The maximum Gasteiger partial charge on any atom is 0.115 e. The molecule has 0 unspecified atom stereocenters. The number of benzene rings is 10. The molecular formula is C60H30O5. The van der Waals surface area contributed by atoms with E-state index in [1.165, 1.54) is 0 Å². The Kier molecular flexibility index (Phi) is 9.02. The third-order valence-electron chi connectivity index (χ3n) is 11.5. The second-order valence-corrected chi connectivity index (χ2v) is 15.7. The number of phenols is 5. The molecule has 0 bridgehead atoms. The smallest absolute Gasteiger partial charge is 0.115 e. The molecule has 0 atom stereocenters. The summed E-state index contributed by atoms with van der Waals surface area (Å²) in [5, 5.41) is 59.7. The summed E-state index contributed by atoms with van der Waals surface area (Å²) >= 11 is 0. The predicted molar refractivity (Wildman–Crippen MR) is 258 cm³/mol. The molecule has 0 aliphatic rings. The molecule has 0 heterocycles. The number of aromatic hydroxyl groups is 5. The molecule has 0 aromatic heterocycles. The molecular weight excluding hydrogens is 801 g/mol. The highest BCUT2D eigenvalue weighted by Crippen LogP contribution is 2.52. The minimum Gasteiger partial charge on any atom is -0.508 e. The van der Waals surface area contributed by atoms with Gasteiger partial charge >= 0.3 is 0 Å². The van der Waals surface area contributed by atoms with Gasteiger partial charge in [-0.1, -0.05) is 59.2 Å². The van der Waals surface area contributed by atoms with Crippen molar-refractivity contribution >= 4 is 53.9 Å². The summed E-state index contributed by atoms with van der Waals surface area (Å²) in [4.78, 5) is 0. The van der Waals surface area contributed by atoms with E-state index in [0.29, 0.717) is 0 Å². The van der Waals surface area contributed by atoms with Crippen LogP contribution in [-0.4, -0.2) is 25.5 Å². The van der Waals surface area contributed by atoms with E-state index in [0.717, 1.165) is 109 Å². The number of phenolic OH excluding ortho intramolecular Hbond substituents is 5. The quantitative estimate of drug-likeness (QED) is 0.0774. The molecule has 0 saturated heterocycles. The standard InChI is InChI=1S/C60H30O5/c61-46-21-6-36(7-22-46)1-16-41-31-52-43(18-3-38-10-25-48(63)26-11-38)33-54-45(20-5-40-14-29-50(65)30-15-40)35-55-44(19-4-39-12-27-49(64)28-13-39)34-53-42(17-2-37-8-23-47(62)24-9-37)32-51(41)56-57(52)59(54)60(55)58(53)56/h6-15,21-35,61-65H. The zero-order chi connectivity index (χ0) is 44.2. The Morgan fingerprint density at radius 2 is 0.354 bits per heavy atom. The zero-order valence-electron chi connectivity index (χ0n) is 34.2. The van der Waals surface area contributed by atoms with Gasteiger partial charge in [-0.3, -0.25) is 0 Å². The van der Waals surface area contributed by atoms with Crippen molar-refractivity contribution in [3.8, 4) is 88.0 Å². The van der Waals surface area contributed by atoms with Crippen LogP contribution in [0.25, 0.3) is 53.9 Å². The summed E-state index contributed by atoms with van der Waals surface area (Å²) in [6.45, 7) is 0. The lowest BCUT2D eigenvalue weighted by Gasteiger charge is -2.11. The van der Waals surface area contributed by atoms with Crippen LogP contribution in [-0.2, 0) is 0 Å². The van der Waals surface area contributed by atoms with Crippen LogP contribution >= 0.6 is 0 Å². The molecule has 5 heteroatoms. The third kappa shape index (κ3) is 7.04. The Balaban J connectivity index is 1.29. The van der Waals surface area contributed by atoms with E-state index in [4.69, 9.17) is 0 Å². The minimum atomic E-state index is 0.155. The average Bonchev–Trinajstić information content (AvgIpc) is 3.68. The highest BCUT2D eigenvalue weighted by Gasteiger charge is 2.27. The minimum absolute atomic E-state index is 0.155. The topological polar surface area (TPSA) is 101 Å². The van der Waals surface area contributed by atoms with Gasteiger partial charge in [0.05, 0.1) is 0 Å². The van der Waals surface area contributed by atoms with Crippen molar-refractivity contribution in [2.45, 2.75) is 0 Å². The van der Waals surface area contributed by atoms with E-state index >= 15 is 0 Å². The molecule has 11 rings (SSSR count). The Labute approximate surface area is 373 Å². The van der Waals surface area contributed by atoms with E-state index in [1.807, 2.05) is 0 Å². The van der Waals surface area contributed by atoms with Crippen molar-refractivity contribution in [2.24, 2.45) is 0 Å². The lowest BCUT2D eigenvalue weighted by Crippen LogP contribution is -1.90. The van der Waals surface area contributed by atoms with Crippen molar-refractivity contribution in [3.63, 3.8) is 0 Å². The normalized spacial score (nSPS) is 10.8. The molecule has 11 aromatic rings. The first kappa shape index (κ1) is 38.2. The largest absolute Gasteiger partial charge is 0.508 e. The lowest BCUT2D eigenvalue weighted by atomic mass is 9.90. The SMILES string of the molecule is Oc1ccc(C#Cc2cc3c(C#Cc4ccc(O)cc4)cc4c(C#Cc5ccc(O)cc5)cc5c(C#Cc6ccc(O)cc6)cc6c(C#Cc7ccc(O)cc7)cc2c2c6c5c4c32)cc1. The summed E-state index contributed by atoms with van der Waals surface area (Å²) < 4.78 is 0. The number of hydrogen-bond acceptors (Lipinski definition) is 5. The van der Waals surface area contributed by atoms with Gasteiger partial charge in [0, 0.05) is 82.6 Å². The molecule has 5 N–H and O–H groups in total. The monoisotopic (exact) mass is 830 g/mol. The summed E-state index contributed by atoms with van der Waals surface area (Å²) in [6, 6.07) is 44.5. The molecule has 0 aliphatic carbocycles. The summed E-state index contributed by atoms with van der Waals surface area (Å²) in [5.41, 5.74) is 7.54. The Hall–Kier alpha value is -9.70.